The van der Waals surface area contributed by atoms with Crippen molar-refractivity contribution in [3.05, 3.63) is 89.4 Å². The number of anilines is 1. The number of β-amino-alcohol motifs (C(OH)–C–C–N with tert-alkyl or cyclic N) is 1. The van der Waals surface area contributed by atoms with E-state index >= 15 is 4.39 Å². The number of aromatic nitrogens is 3. The van der Waals surface area contributed by atoms with E-state index in [-0.39, 0.29) is 36.5 Å². The number of carbonyl (C=O) groups is 1. The van der Waals surface area contributed by atoms with Crippen LogP contribution in [0.4, 0.5) is 10.2 Å². The monoisotopic (exact) mass is 653 g/mol. The van der Waals surface area contributed by atoms with Crippen LogP contribution < -0.4 is 11.1 Å². The number of aliphatic hydroxyl groups is 1. The van der Waals surface area contributed by atoms with Gasteiger partial charge in [-0.25, -0.2) is 9.37 Å². The molecule has 4 N–H and O–H groups in total. The molecule has 252 valence electrons. The molecule has 1 amide bonds. The Morgan fingerprint density at radius 1 is 1.02 bits per heavy atom. The van der Waals surface area contributed by atoms with Crippen molar-refractivity contribution in [2.75, 3.05) is 45.1 Å². The number of hydrogen-bond acceptors (Lipinski definition) is 8. The minimum Gasteiger partial charge on any atom is -0.395 e. The largest absolute Gasteiger partial charge is 0.395 e. The number of pyridine rings is 1. The first-order valence-corrected chi connectivity index (χ1v) is 17.0. The maximum absolute atomic E-state index is 15.3. The molecule has 2 aromatic carbocycles. The van der Waals surface area contributed by atoms with Crippen LogP contribution in [0.15, 0.2) is 67.1 Å². The highest BCUT2D eigenvalue weighted by Gasteiger charge is 2.38. The zero-order chi connectivity index (χ0) is 33.2. The van der Waals surface area contributed by atoms with Gasteiger partial charge in [0.1, 0.15) is 12.0 Å². The fourth-order valence-corrected chi connectivity index (χ4v) is 7.52. The number of rotatable bonds is 10. The molecule has 11 heteroatoms. The number of aryl methyl sites for hydroxylation is 1. The summed E-state index contributed by atoms with van der Waals surface area (Å²) in [4.78, 5) is 22.0. The number of nitrogen functional groups attached to an aromatic ring is 1. The Labute approximate surface area is 280 Å². The van der Waals surface area contributed by atoms with Crippen molar-refractivity contribution >= 4 is 11.7 Å². The number of ether oxygens (including phenoxy) is 1. The fourth-order valence-electron chi connectivity index (χ4n) is 7.52. The van der Waals surface area contributed by atoms with Crippen LogP contribution in [-0.4, -0.2) is 93.2 Å². The summed E-state index contributed by atoms with van der Waals surface area (Å²) in [7, 11) is 1.84. The molecule has 1 saturated carbocycles. The molecular formula is C37H44FN7O3. The van der Waals surface area contributed by atoms with Gasteiger partial charge in [-0.1, -0.05) is 42.5 Å². The molecule has 3 aliphatic rings. The molecule has 7 rings (SSSR count). The third-order valence-electron chi connectivity index (χ3n) is 10.2. The molecule has 10 nitrogen and oxygen atoms in total. The standard InChI is InChI=1S/C37H44FN7O3/c1-43-22-29(21-41-43)28-18-31(36(39)40-20-28)37(47)42-33-3-2-4-34(33)48-23-24-5-7-25(8-6-24)26-9-10-30-27(17-26)19-32(38)35(30)45-13-11-44(12-14-45)15-16-46/h5-10,17-18,20-22,32-35,46H,2-4,11-16,19,23H2,1H3,(H2,39,40)(H,42,47)/t32-,33-,34-,35+/m0/s1. The minimum absolute atomic E-state index is 0.0970. The number of nitrogens with two attached hydrogens (primary N) is 1. The van der Waals surface area contributed by atoms with E-state index in [4.69, 9.17) is 10.5 Å². The van der Waals surface area contributed by atoms with Crippen molar-refractivity contribution in [2.24, 2.45) is 7.05 Å². The maximum atomic E-state index is 15.3. The topological polar surface area (TPSA) is 122 Å². The molecular weight excluding hydrogens is 609 g/mol. The molecule has 1 aliphatic heterocycles. The van der Waals surface area contributed by atoms with Crippen LogP contribution in [0, 0.1) is 0 Å². The summed E-state index contributed by atoms with van der Waals surface area (Å²) in [6.45, 7) is 4.63. The Morgan fingerprint density at radius 2 is 1.81 bits per heavy atom. The molecule has 3 heterocycles. The van der Waals surface area contributed by atoms with Crippen molar-refractivity contribution < 1.29 is 19.0 Å². The second-order valence-electron chi connectivity index (χ2n) is 13.3. The quantitative estimate of drug-likeness (QED) is 0.234. The van der Waals surface area contributed by atoms with E-state index in [1.807, 2.05) is 13.2 Å². The summed E-state index contributed by atoms with van der Waals surface area (Å²) in [6, 6.07) is 16.2. The number of piperazine rings is 1. The molecule has 48 heavy (non-hydrogen) atoms. The van der Waals surface area contributed by atoms with E-state index in [0.29, 0.717) is 25.1 Å². The molecule has 2 aromatic heterocycles. The number of halogens is 1. The van der Waals surface area contributed by atoms with Gasteiger partial charge in [0.25, 0.3) is 5.91 Å². The number of aliphatic hydroxyl groups excluding tert-OH is 1. The van der Waals surface area contributed by atoms with E-state index in [1.54, 1.807) is 23.1 Å². The van der Waals surface area contributed by atoms with E-state index in [0.717, 1.165) is 84.4 Å². The molecule has 0 spiro atoms. The number of benzene rings is 2. The van der Waals surface area contributed by atoms with Gasteiger partial charge in [0.15, 0.2) is 0 Å². The SMILES string of the molecule is Cn1cc(-c2cnc(N)c(C(=O)N[C@H]3CCC[C@@H]3OCc3ccc(-c4ccc5c(c4)C[C@H](F)[C@@H]5N4CCN(CCO)CC4)cc3)c2)cn1. The van der Waals surface area contributed by atoms with Gasteiger partial charge in [-0.2, -0.15) is 5.10 Å². The normalized spacial score (nSPS) is 23.0. The van der Waals surface area contributed by atoms with Gasteiger partial charge in [0.2, 0.25) is 0 Å². The van der Waals surface area contributed by atoms with Gasteiger partial charge in [-0.15, -0.1) is 0 Å². The van der Waals surface area contributed by atoms with Gasteiger partial charge in [0, 0.05) is 69.7 Å². The third-order valence-corrected chi connectivity index (χ3v) is 10.2. The molecule has 2 aliphatic carbocycles. The van der Waals surface area contributed by atoms with Crippen LogP contribution in [0.5, 0.6) is 0 Å². The van der Waals surface area contributed by atoms with Crippen LogP contribution in [-0.2, 0) is 24.8 Å². The Balaban J connectivity index is 0.951. The van der Waals surface area contributed by atoms with Crippen LogP contribution in [0.3, 0.4) is 0 Å². The Morgan fingerprint density at radius 3 is 2.56 bits per heavy atom. The molecule has 0 bridgehead atoms. The van der Waals surface area contributed by atoms with Crippen molar-refractivity contribution in [1.82, 2.24) is 29.9 Å². The summed E-state index contributed by atoms with van der Waals surface area (Å²) in [5.74, 6) is -0.0623. The van der Waals surface area contributed by atoms with Crippen molar-refractivity contribution in [3.8, 4) is 22.3 Å². The minimum atomic E-state index is -0.908. The highest BCUT2D eigenvalue weighted by Crippen LogP contribution is 2.40. The Kier molecular flexibility index (Phi) is 9.54. The molecule has 4 atom stereocenters. The lowest BCUT2D eigenvalue weighted by Crippen LogP contribution is -2.49. The molecule has 2 fully saturated rings. The first-order chi connectivity index (χ1) is 23.4. The fraction of sp³-hybridized carbons (Fsp3) is 0.432. The summed E-state index contributed by atoms with van der Waals surface area (Å²) >= 11 is 0. The second kappa shape index (κ2) is 14.1. The van der Waals surface area contributed by atoms with E-state index < -0.39 is 6.17 Å². The summed E-state index contributed by atoms with van der Waals surface area (Å²) < 4.78 is 23.4. The molecule has 0 radical (unpaired) electrons. The van der Waals surface area contributed by atoms with Gasteiger partial charge >= 0.3 is 0 Å². The predicted molar refractivity (Wildman–Crippen MR) is 183 cm³/mol. The zero-order valence-electron chi connectivity index (χ0n) is 27.4. The molecule has 0 unspecified atom stereocenters. The van der Waals surface area contributed by atoms with Gasteiger partial charge in [-0.3, -0.25) is 19.3 Å². The Hall–Kier alpha value is -4.16. The first-order valence-electron chi connectivity index (χ1n) is 17.0. The number of nitrogens with zero attached hydrogens (tertiary/aromatic N) is 5. The highest BCUT2D eigenvalue weighted by atomic mass is 19.1. The number of nitrogens with one attached hydrogen (secondary N) is 1. The van der Waals surface area contributed by atoms with Crippen molar-refractivity contribution in [1.29, 1.82) is 0 Å². The van der Waals surface area contributed by atoms with Crippen molar-refractivity contribution in [3.63, 3.8) is 0 Å². The molecule has 1 saturated heterocycles. The number of hydrogen-bond donors (Lipinski definition) is 3. The summed E-state index contributed by atoms with van der Waals surface area (Å²) in [6.07, 6.45) is 7.37. The maximum Gasteiger partial charge on any atom is 0.255 e. The average Bonchev–Trinajstić information content (AvgIpc) is 3.82. The average molecular weight is 654 g/mol. The second-order valence-corrected chi connectivity index (χ2v) is 13.3. The van der Waals surface area contributed by atoms with Crippen LogP contribution >= 0.6 is 0 Å². The van der Waals surface area contributed by atoms with E-state index in [2.05, 4.69) is 67.7 Å². The highest BCUT2D eigenvalue weighted by molar-refractivity contribution is 5.99. The lowest BCUT2D eigenvalue weighted by Gasteiger charge is -2.38. The summed E-state index contributed by atoms with van der Waals surface area (Å²) in [5, 5.41) is 16.6. The lowest BCUT2D eigenvalue weighted by atomic mass is 9.98. The smallest absolute Gasteiger partial charge is 0.255 e. The van der Waals surface area contributed by atoms with E-state index in [9.17, 15) is 9.90 Å². The van der Waals surface area contributed by atoms with Gasteiger partial charge in [0.05, 0.1) is 43.2 Å². The number of fused-ring (bicyclic) bond motifs is 1. The van der Waals surface area contributed by atoms with Crippen LogP contribution in [0.1, 0.15) is 52.4 Å². The summed E-state index contributed by atoms with van der Waals surface area (Å²) in [5.41, 5.74) is 13.5. The number of alkyl halides is 1. The van der Waals surface area contributed by atoms with Gasteiger partial charge in [-0.05, 0) is 53.1 Å². The Bertz CT molecular complexity index is 1740. The number of amides is 1. The first kappa shape index (κ1) is 32.4. The number of carbonyl (C=O) groups excluding carboxylic acids is 1. The van der Waals surface area contributed by atoms with Gasteiger partial charge < -0.3 is 20.9 Å². The lowest BCUT2D eigenvalue weighted by molar-refractivity contribution is 0.0272. The predicted octanol–water partition coefficient (Wildman–Crippen LogP) is 4.14. The van der Waals surface area contributed by atoms with E-state index in [1.165, 1.54) is 0 Å². The third kappa shape index (κ3) is 6.86. The molecule has 4 aromatic rings. The van der Waals surface area contributed by atoms with Crippen LogP contribution in [0.2, 0.25) is 0 Å². The van der Waals surface area contributed by atoms with Crippen LogP contribution in [0.25, 0.3) is 22.3 Å². The zero-order valence-corrected chi connectivity index (χ0v) is 27.4. The van der Waals surface area contributed by atoms with Crippen molar-refractivity contribution in [2.45, 2.75) is 56.6 Å².